The van der Waals surface area contributed by atoms with Crippen LogP contribution in [-0.2, 0) is 6.42 Å². The van der Waals surface area contributed by atoms with Crippen LogP contribution in [0.1, 0.15) is 17.7 Å². The Balaban J connectivity index is 2.28. The van der Waals surface area contributed by atoms with Gasteiger partial charge in [0, 0.05) is 16.6 Å². The Bertz CT molecular complexity index is 443. The van der Waals surface area contributed by atoms with Gasteiger partial charge >= 0.3 is 0 Å². The van der Waals surface area contributed by atoms with Gasteiger partial charge in [0.1, 0.15) is 0 Å². The molecule has 2 rings (SSSR count). The van der Waals surface area contributed by atoms with Crippen LogP contribution in [0.5, 0.6) is 0 Å². The van der Waals surface area contributed by atoms with Crippen molar-refractivity contribution in [2.24, 2.45) is 0 Å². The summed E-state index contributed by atoms with van der Waals surface area (Å²) in [5.74, 6) is 0. The number of para-hydroxylation sites is 1. The molecule has 0 radical (unpaired) electrons. The molecule has 0 atom stereocenters. The van der Waals surface area contributed by atoms with Crippen molar-refractivity contribution in [2.45, 2.75) is 19.8 Å². The van der Waals surface area contributed by atoms with Crippen molar-refractivity contribution in [1.29, 1.82) is 0 Å². The maximum atomic E-state index is 3.43. The molecule has 1 aromatic heterocycles. The van der Waals surface area contributed by atoms with Crippen LogP contribution in [0.25, 0.3) is 10.9 Å². The SMILES string of the molecule is CNCCCc1c(C)[nH]c2ccccc12. The third-order valence-corrected chi connectivity index (χ3v) is 2.88. The fraction of sp³-hybridized carbons (Fsp3) is 0.385. The number of aryl methyl sites for hydroxylation is 2. The molecule has 2 heteroatoms. The number of rotatable bonds is 4. The summed E-state index contributed by atoms with van der Waals surface area (Å²) in [7, 11) is 2.00. The monoisotopic (exact) mass is 202 g/mol. The van der Waals surface area contributed by atoms with E-state index in [1.165, 1.54) is 28.6 Å². The van der Waals surface area contributed by atoms with E-state index in [4.69, 9.17) is 0 Å². The van der Waals surface area contributed by atoms with Crippen molar-refractivity contribution < 1.29 is 0 Å². The Morgan fingerprint density at radius 2 is 2.07 bits per heavy atom. The van der Waals surface area contributed by atoms with Gasteiger partial charge in [0.2, 0.25) is 0 Å². The Labute approximate surface area is 90.7 Å². The number of H-pyrrole nitrogens is 1. The quantitative estimate of drug-likeness (QED) is 0.733. The molecule has 0 aliphatic carbocycles. The molecule has 1 heterocycles. The molecule has 2 N–H and O–H groups in total. The van der Waals surface area contributed by atoms with Gasteiger partial charge in [-0.15, -0.1) is 0 Å². The highest BCUT2D eigenvalue weighted by molar-refractivity contribution is 5.84. The van der Waals surface area contributed by atoms with Crippen LogP contribution in [0.4, 0.5) is 0 Å². The molecule has 2 nitrogen and oxygen atoms in total. The second kappa shape index (κ2) is 4.49. The van der Waals surface area contributed by atoms with Gasteiger partial charge in [-0.2, -0.15) is 0 Å². The van der Waals surface area contributed by atoms with Crippen molar-refractivity contribution in [3.8, 4) is 0 Å². The minimum atomic E-state index is 1.08. The van der Waals surface area contributed by atoms with Gasteiger partial charge in [-0.25, -0.2) is 0 Å². The summed E-state index contributed by atoms with van der Waals surface area (Å²) in [4.78, 5) is 3.43. The lowest BCUT2D eigenvalue weighted by Crippen LogP contribution is -2.08. The Hall–Kier alpha value is -1.28. The van der Waals surface area contributed by atoms with Crippen LogP contribution in [0.15, 0.2) is 24.3 Å². The summed E-state index contributed by atoms with van der Waals surface area (Å²) in [6, 6.07) is 8.53. The number of benzene rings is 1. The molecular formula is C13H18N2. The minimum Gasteiger partial charge on any atom is -0.358 e. The number of nitrogens with one attached hydrogen (secondary N) is 2. The normalized spacial score (nSPS) is 11.1. The molecule has 2 aromatic rings. The van der Waals surface area contributed by atoms with Crippen molar-refractivity contribution in [1.82, 2.24) is 10.3 Å². The molecule has 0 spiro atoms. The number of aromatic amines is 1. The lowest BCUT2D eigenvalue weighted by Gasteiger charge is -2.01. The fourth-order valence-corrected chi connectivity index (χ4v) is 2.10. The fourth-order valence-electron chi connectivity index (χ4n) is 2.10. The third-order valence-electron chi connectivity index (χ3n) is 2.88. The van der Waals surface area contributed by atoms with E-state index in [0.717, 1.165) is 13.0 Å². The van der Waals surface area contributed by atoms with Gasteiger partial charge in [0.05, 0.1) is 0 Å². The van der Waals surface area contributed by atoms with Crippen LogP contribution >= 0.6 is 0 Å². The molecule has 0 amide bonds. The summed E-state index contributed by atoms with van der Waals surface area (Å²) >= 11 is 0. The molecule has 15 heavy (non-hydrogen) atoms. The summed E-state index contributed by atoms with van der Waals surface area (Å²) in [5.41, 5.74) is 4.04. The van der Waals surface area contributed by atoms with Crippen LogP contribution in [0.2, 0.25) is 0 Å². The molecule has 0 fully saturated rings. The first kappa shape index (κ1) is 10.2. The largest absolute Gasteiger partial charge is 0.358 e. The van der Waals surface area contributed by atoms with Crippen molar-refractivity contribution in [3.63, 3.8) is 0 Å². The summed E-state index contributed by atoms with van der Waals surface area (Å²) < 4.78 is 0. The Morgan fingerprint density at radius 1 is 1.27 bits per heavy atom. The van der Waals surface area contributed by atoms with E-state index in [0.29, 0.717) is 0 Å². The van der Waals surface area contributed by atoms with Crippen LogP contribution < -0.4 is 5.32 Å². The predicted octanol–water partition coefficient (Wildman–Crippen LogP) is 2.63. The van der Waals surface area contributed by atoms with Crippen LogP contribution in [-0.4, -0.2) is 18.6 Å². The van der Waals surface area contributed by atoms with E-state index in [1.54, 1.807) is 0 Å². The minimum absolute atomic E-state index is 1.08. The van der Waals surface area contributed by atoms with Crippen molar-refractivity contribution in [2.75, 3.05) is 13.6 Å². The van der Waals surface area contributed by atoms with E-state index in [1.807, 2.05) is 7.05 Å². The molecule has 0 saturated heterocycles. The van der Waals surface area contributed by atoms with Crippen molar-refractivity contribution in [3.05, 3.63) is 35.5 Å². The standard InChI is InChI=1S/C13H18N2/c1-10-11(7-5-9-14-2)12-6-3-4-8-13(12)15-10/h3-4,6,8,14-15H,5,7,9H2,1-2H3. The number of fused-ring (bicyclic) bond motifs is 1. The first-order valence-corrected chi connectivity index (χ1v) is 5.53. The second-order valence-corrected chi connectivity index (χ2v) is 3.98. The van der Waals surface area contributed by atoms with Crippen molar-refractivity contribution >= 4 is 10.9 Å². The van der Waals surface area contributed by atoms with E-state index >= 15 is 0 Å². The highest BCUT2D eigenvalue weighted by atomic mass is 14.8. The second-order valence-electron chi connectivity index (χ2n) is 3.98. The maximum absolute atomic E-state index is 3.43. The van der Waals surface area contributed by atoms with E-state index in [-0.39, 0.29) is 0 Å². The lowest BCUT2D eigenvalue weighted by atomic mass is 10.1. The van der Waals surface area contributed by atoms with Gasteiger partial charge in [-0.3, -0.25) is 0 Å². The summed E-state index contributed by atoms with van der Waals surface area (Å²) in [6.45, 7) is 3.24. The molecule has 0 aliphatic rings. The summed E-state index contributed by atoms with van der Waals surface area (Å²) in [6.07, 6.45) is 2.34. The molecule has 0 aliphatic heterocycles. The molecule has 1 aromatic carbocycles. The smallest absolute Gasteiger partial charge is 0.0458 e. The van der Waals surface area contributed by atoms with Gasteiger partial charge in [-0.1, -0.05) is 18.2 Å². The first-order valence-electron chi connectivity index (χ1n) is 5.53. The van der Waals surface area contributed by atoms with Gasteiger partial charge in [-0.05, 0) is 45.0 Å². The Kier molecular flexibility index (Phi) is 3.07. The highest BCUT2D eigenvalue weighted by Crippen LogP contribution is 2.22. The zero-order chi connectivity index (χ0) is 10.7. The third kappa shape index (κ3) is 2.05. The molecule has 0 saturated carbocycles. The molecule has 80 valence electrons. The van der Waals surface area contributed by atoms with E-state index in [9.17, 15) is 0 Å². The zero-order valence-corrected chi connectivity index (χ0v) is 9.43. The molecule has 0 unspecified atom stereocenters. The average molecular weight is 202 g/mol. The summed E-state index contributed by atoms with van der Waals surface area (Å²) in [5, 5.41) is 4.57. The van der Waals surface area contributed by atoms with Gasteiger partial charge < -0.3 is 10.3 Å². The predicted molar refractivity (Wildman–Crippen MR) is 65.3 cm³/mol. The first-order chi connectivity index (χ1) is 7.33. The van der Waals surface area contributed by atoms with E-state index < -0.39 is 0 Å². The van der Waals surface area contributed by atoms with Crippen LogP contribution in [0, 0.1) is 6.92 Å². The number of hydrogen-bond donors (Lipinski definition) is 2. The zero-order valence-electron chi connectivity index (χ0n) is 9.43. The molecular weight excluding hydrogens is 184 g/mol. The topological polar surface area (TPSA) is 27.8 Å². The van der Waals surface area contributed by atoms with Crippen LogP contribution in [0.3, 0.4) is 0 Å². The van der Waals surface area contributed by atoms with E-state index in [2.05, 4.69) is 41.5 Å². The maximum Gasteiger partial charge on any atom is 0.0458 e. The average Bonchev–Trinajstić information content (AvgIpc) is 2.56. The van der Waals surface area contributed by atoms with Gasteiger partial charge in [0.25, 0.3) is 0 Å². The molecule has 0 bridgehead atoms. The lowest BCUT2D eigenvalue weighted by molar-refractivity contribution is 0.725. The van der Waals surface area contributed by atoms with Gasteiger partial charge in [0.15, 0.2) is 0 Å². The Morgan fingerprint density at radius 3 is 2.87 bits per heavy atom. The number of aromatic nitrogens is 1. The number of hydrogen-bond acceptors (Lipinski definition) is 1. The highest BCUT2D eigenvalue weighted by Gasteiger charge is 2.06.